The summed E-state index contributed by atoms with van der Waals surface area (Å²) >= 11 is 5.50. The number of para-hydroxylation sites is 1. The van der Waals surface area contributed by atoms with E-state index in [2.05, 4.69) is 108 Å². The van der Waals surface area contributed by atoms with E-state index in [4.69, 9.17) is 12.2 Å². The number of anilines is 2. The van der Waals surface area contributed by atoms with Crippen LogP contribution in [-0.4, -0.2) is 50.6 Å². The van der Waals surface area contributed by atoms with Crippen LogP contribution < -0.4 is 10.2 Å². The van der Waals surface area contributed by atoms with Gasteiger partial charge in [0.1, 0.15) is 12.1 Å². The molecule has 0 amide bonds. The van der Waals surface area contributed by atoms with Gasteiger partial charge in [0.25, 0.3) is 0 Å². The van der Waals surface area contributed by atoms with E-state index in [1.54, 1.807) is 6.33 Å². The first-order valence-corrected chi connectivity index (χ1v) is 13.3. The Balaban J connectivity index is 1.17. The van der Waals surface area contributed by atoms with Crippen LogP contribution in [0, 0.1) is 4.77 Å². The number of aromatic nitrogens is 4. The van der Waals surface area contributed by atoms with E-state index in [-0.39, 0.29) is 0 Å². The predicted molar refractivity (Wildman–Crippen MR) is 154 cm³/mol. The molecule has 37 heavy (non-hydrogen) atoms. The Morgan fingerprint density at radius 3 is 2.46 bits per heavy atom. The molecule has 0 bridgehead atoms. The van der Waals surface area contributed by atoms with Crippen LogP contribution in [0.25, 0.3) is 21.9 Å². The number of hydrogen-bond donors (Lipinski definition) is 2. The largest absolute Gasteiger partial charge is 0.369 e. The molecule has 3 heterocycles. The van der Waals surface area contributed by atoms with Gasteiger partial charge in [0.2, 0.25) is 0 Å². The molecule has 1 fully saturated rings. The van der Waals surface area contributed by atoms with Gasteiger partial charge in [-0.2, -0.15) is 0 Å². The number of piperazine rings is 1. The number of nitrogens with zero attached hydrogens (tertiary/aromatic N) is 5. The highest BCUT2D eigenvalue weighted by molar-refractivity contribution is 7.71. The SMILES string of the molecule is CCn1c(=S)[nH]c2cc3c(NCc4ccccc4CN4CCN(c5ccccc5)CC4)ncnc3cc21. The van der Waals surface area contributed by atoms with E-state index in [9.17, 15) is 0 Å². The summed E-state index contributed by atoms with van der Waals surface area (Å²) in [6.45, 7) is 8.79. The van der Waals surface area contributed by atoms with Crippen molar-refractivity contribution < 1.29 is 0 Å². The number of aryl methyl sites for hydroxylation is 1. The summed E-state index contributed by atoms with van der Waals surface area (Å²) in [7, 11) is 0. The van der Waals surface area contributed by atoms with Crippen LogP contribution >= 0.6 is 12.2 Å². The lowest BCUT2D eigenvalue weighted by Crippen LogP contribution is -2.46. The van der Waals surface area contributed by atoms with Gasteiger partial charge in [-0.3, -0.25) is 4.90 Å². The minimum atomic E-state index is 0.705. The number of imidazole rings is 1. The van der Waals surface area contributed by atoms with Crippen LogP contribution in [-0.2, 0) is 19.6 Å². The Bertz CT molecular complexity index is 1580. The van der Waals surface area contributed by atoms with E-state index in [1.165, 1.54) is 16.8 Å². The molecule has 6 rings (SSSR count). The van der Waals surface area contributed by atoms with Gasteiger partial charge >= 0.3 is 0 Å². The first-order chi connectivity index (χ1) is 18.2. The number of fused-ring (bicyclic) bond motifs is 2. The summed E-state index contributed by atoms with van der Waals surface area (Å²) in [4.78, 5) is 17.5. The molecule has 5 aromatic rings. The second-order valence-corrected chi connectivity index (χ2v) is 9.89. The van der Waals surface area contributed by atoms with Crippen LogP contribution in [0.1, 0.15) is 18.1 Å². The van der Waals surface area contributed by atoms with Gasteiger partial charge < -0.3 is 19.8 Å². The maximum atomic E-state index is 5.50. The molecule has 0 atom stereocenters. The highest BCUT2D eigenvalue weighted by Crippen LogP contribution is 2.26. The van der Waals surface area contributed by atoms with Crippen molar-refractivity contribution in [3.8, 4) is 0 Å². The van der Waals surface area contributed by atoms with Gasteiger partial charge in [0.15, 0.2) is 4.77 Å². The third-order valence-corrected chi connectivity index (χ3v) is 7.62. The van der Waals surface area contributed by atoms with Gasteiger partial charge in [-0.25, -0.2) is 9.97 Å². The van der Waals surface area contributed by atoms with Crippen molar-refractivity contribution in [2.24, 2.45) is 0 Å². The molecule has 1 aliphatic heterocycles. The predicted octanol–water partition coefficient (Wildman–Crippen LogP) is 5.60. The van der Waals surface area contributed by atoms with E-state index < -0.39 is 0 Å². The molecule has 1 saturated heterocycles. The zero-order chi connectivity index (χ0) is 25.2. The molecule has 0 unspecified atom stereocenters. The molecule has 0 spiro atoms. The lowest BCUT2D eigenvalue weighted by Gasteiger charge is -2.36. The van der Waals surface area contributed by atoms with Crippen molar-refractivity contribution in [3.63, 3.8) is 0 Å². The molecule has 7 nitrogen and oxygen atoms in total. The maximum absolute atomic E-state index is 5.50. The Labute approximate surface area is 221 Å². The summed E-state index contributed by atoms with van der Waals surface area (Å²) in [5.41, 5.74) is 6.94. The number of hydrogen-bond acceptors (Lipinski definition) is 6. The topological polar surface area (TPSA) is 65.0 Å². The zero-order valence-electron chi connectivity index (χ0n) is 21.0. The zero-order valence-corrected chi connectivity index (χ0v) is 21.8. The molecule has 2 aromatic heterocycles. The second kappa shape index (κ2) is 10.3. The first kappa shape index (κ1) is 23.6. The van der Waals surface area contributed by atoms with Gasteiger partial charge in [0, 0.05) is 56.9 Å². The first-order valence-electron chi connectivity index (χ1n) is 12.9. The molecule has 1 aliphatic rings. The Morgan fingerprint density at radius 1 is 0.919 bits per heavy atom. The number of rotatable bonds is 7. The third kappa shape index (κ3) is 4.82. The number of H-pyrrole nitrogens is 1. The lowest BCUT2D eigenvalue weighted by atomic mass is 10.1. The Morgan fingerprint density at radius 2 is 1.68 bits per heavy atom. The fraction of sp³-hybridized carbons (Fsp3) is 0.276. The molecule has 0 radical (unpaired) electrons. The smallest absolute Gasteiger partial charge is 0.178 e. The van der Waals surface area contributed by atoms with Crippen molar-refractivity contribution in [2.45, 2.75) is 26.6 Å². The highest BCUT2D eigenvalue weighted by atomic mass is 32.1. The number of aromatic amines is 1. The molecule has 3 aromatic carbocycles. The van der Waals surface area contributed by atoms with E-state index in [1.807, 2.05) is 0 Å². The highest BCUT2D eigenvalue weighted by Gasteiger charge is 2.18. The van der Waals surface area contributed by atoms with Crippen molar-refractivity contribution in [1.29, 1.82) is 0 Å². The molecular weight excluding hydrogens is 478 g/mol. The van der Waals surface area contributed by atoms with Crippen LogP contribution in [0.5, 0.6) is 0 Å². The summed E-state index contributed by atoms with van der Waals surface area (Å²) in [5, 5.41) is 4.58. The summed E-state index contributed by atoms with van der Waals surface area (Å²) in [6.07, 6.45) is 1.63. The fourth-order valence-corrected chi connectivity index (χ4v) is 5.61. The van der Waals surface area contributed by atoms with Crippen molar-refractivity contribution in [2.75, 3.05) is 36.4 Å². The number of benzene rings is 3. The van der Waals surface area contributed by atoms with Crippen LogP contribution in [0.2, 0.25) is 0 Å². The fourth-order valence-electron chi connectivity index (χ4n) is 5.27. The summed E-state index contributed by atoms with van der Waals surface area (Å²) in [6, 6.07) is 23.6. The minimum Gasteiger partial charge on any atom is -0.369 e. The molecule has 2 N–H and O–H groups in total. The summed E-state index contributed by atoms with van der Waals surface area (Å²) in [5.74, 6) is 0.835. The van der Waals surface area contributed by atoms with Crippen molar-refractivity contribution in [3.05, 3.63) is 89.0 Å². The van der Waals surface area contributed by atoms with Gasteiger partial charge in [0.05, 0.1) is 16.6 Å². The van der Waals surface area contributed by atoms with Gasteiger partial charge in [-0.1, -0.05) is 42.5 Å². The summed E-state index contributed by atoms with van der Waals surface area (Å²) < 4.78 is 2.82. The van der Waals surface area contributed by atoms with Crippen molar-refractivity contribution in [1.82, 2.24) is 24.4 Å². The number of nitrogens with one attached hydrogen (secondary N) is 2. The van der Waals surface area contributed by atoms with E-state index in [0.717, 1.165) is 71.8 Å². The molecule has 188 valence electrons. The van der Waals surface area contributed by atoms with Gasteiger partial charge in [-0.15, -0.1) is 0 Å². The maximum Gasteiger partial charge on any atom is 0.178 e. The minimum absolute atomic E-state index is 0.705. The lowest BCUT2D eigenvalue weighted by molar-refractivity contribution is 0.249. The normalized spacial score (nSPS) is 14.5. The Hall–Kier alpha value is -3.75. The molecule has 8 heteroatoms. The van der Waals surface area contributed by atoms with Crippen LogP contribution in [0.15, 0.2) is 73.1 Å². The average molecular weight is 510 g/mol. The monoisotopic (exact) mass is 509 g/mol. The molecule has 0 saturated carbocycles. The molecular formula is C29H31N7S. The quantitative estimate of drug-likeness (QED) is 0.279. The van der Waals surface area contributed by atoms with Crippen molar-refractivity contribution >= 4 is 45.7 Å². The molecule has 0 aliphatic carbocycles. The second-order valence-electron chi connectivity index (χ2n) is 9.50. The van der Waals surface area contributed by atoms with Gasteiger partial charge in [-0.05, 0) is 54.5 Å². The van der Waals surface area contributed by atoms with E-state index in [0.29, 0.717) is 6.54 Å². The van der Waals surface area contributed by atoms with Crippen LogP contribution in [0.3, 0.4) is 0 Å². The standard InChI is InChI=1S/C29H31N7S/c1-2-36-27-17-25-24(16-26(27)33-29(36)37)28(32-20-31-25)30-18-21-8-6-7-9-22(21)19-34-12-14-35(15-13-34)23-10-4-3-5-11-23/h3-11,16-17,20H,2,12-15,18-19H2,1H3,(H,33,37)(H,30,31,32). The van der Waals surface area contributed by atoms with Crippen LogP contribution in [0.4, 0.5) is 11.5 Å². The Kier molecular flexibility index (Phi) is 6.59. The van der Waals surface area contributed by atoms with E-state index >= 15 is 0 Å². The third-order valence-electron chi connectivity index (χ3n) is 7.30. The average Bonchev–Trinajstić information content (AvgIpc) is 3.25.